The Bertz CT molecular complexity index is 454. The van der Waals surface area contributed by atoms with Crippen molar-refractivity contribution in [3.8, 4) is 11.8 Å². The molecule has 2 aromatic rings. The summed E-state index contributed by atoms with van der Waals surface area (Å²) in [6.07, 6.45) is 3.03. The maximum atomic E-state index is 5.49. The first-order valence-corrected chi connectivity index (χ1v) is 4.57. The number of benzene rings is 1. The van der Waals surface area contributed by atoms with Crippen molar-refractivity contribution < 1.29 is 4.74 Å². The van der Waals surface area contributed by atoms with Gasteiger partial charge in [0, 0.05) is 0 Å². The van der Waals surface area contributed by atoms with Crippen molar-refractivity contribution in [1.29, 1.82) is 0 Å². The van der Waals surface area contributed by atoms with Gasteiger partial charge in [0.25, 0.3) is 0 Å². The normalized spacial score (nSPS) is 9.93. The summed E-state index contributed by atoms with van der Waals surface area (Å²) in [5, 5.41) is 0. The number of hydrogen-bond donors (Lipinski definition) is 1. The van der Waals surface area contributed by atoms with Crippen molar-refractivity contribution >= 4 is 5.69 Å². The maximum Gasteiger partial charge on any atom is 0.322 e. The number of para-hydroxylation sites is 1. The molecule has 1 heterocycles. The molecule has 0 aliphatic carbocycles. The molecule has 0 fully saturated rings. The molecule has 0 saturated carbocycles. The van der Waals surface area contributed by atoms with Gasteiger partial charge in [-0.15, -0.1) is 0 Å². The quantitative estimate of drug-likeness (QED) is 0.808. The fourth-order valence-electron chi connectivity index (χ4n) is 1.15. The van der Waals surface area contributed by atoms with E-state index in [2.05, 4.69) is 9.97 Å². The van der Waals surface area contributed by atoms with Gasteiger partial charge in [-0.25, -0.2) is 9.97 Å². The van der Waals surface area contributed by atoms with Crippen molar-refractivity contribution in [3.63, 3.8) is 0 Å². The molecule has 1 aromatic carbocycles. The van der Waals surface area contributed by atoms with E-state index in [1.807, 2.05) is 31.2 Å². The molecule has 4 nitrogen and oxygen atoms in total. The van der Waals surface area contributed by atoms with Crippen LogP contribution in [0.2, 0.25) is 0 Å². The fourth-order valence-corrected chi connectivity index (χ4v) is 1.15. The lowest BCUT2D eigenvalue weighted by molar-refractivity contribution is 0.439. The molecule has 0 atom stereocenters. The van der Waals surface area contributed by atoms with Crippen molar-refractivity contribution in [3.05, 3.63) is 42.2 Å². The molecule has 0 unspecified atom stereocenters. The van der Waals surface area contributed by atoms with Gasteiger partial charge in [-0.3, -0.25) is 0 Å². The highest BCUT2D eigenvalue weighted by molar-refractivity contribution is 5.35. The topological polar surface area (TPSA) is 61.0 Å². The summed E-state index contributed by atoms with van der Waals surface area (Å²) in [6, 6.07) is 7.99. The summed E-state index contributed by atoms with van der Waals surface area (Å²) < 4.78 is 5.49. The maximum absolute atomic E-state index is 5.49. The smallest absolute Gasteiger partial charge is 0.322 e. The van der Waals surface area contributed by atoms with Crippen LogP contribution in [-0.2, 0) is 0 Å². The standard InChI is InChI=1S/C11H11N3O/c1-8-4-2-3-5-10(8)15-11-13-6-9(12)7-14-11/h2-7H,12H2,1H3. The monoisotopic (exact) mass is 201 g/mol. The summed E-state index contributed by atoms with van der Waals surface area (Å²) in [6.45, 7) is 1.96. The lowest BCUT2D eigenvalue weighted by Crippen LogP contribution is -1.94. The SMILES string of the molecule is Cc1ccccc1Oc1ncc(N)cn1. The number of anilines is 1. The zero-order valence-corrected chi connectivity index (χ0v) is 8.34. The minimum atomic E-state index is 0.304. The third-order valence-electron chi connectivity index (χ3n) is 1.94. The van der Waals surface area contributed by atoms with Crippen LogP contribution in [0, 0.1) is 6.92 Å². The number of aryl methyl sites for hydroxylation is 1. The van der Waals surface area contributed by atoms with Crippen LogP contribution < -0.4 is 10.5 Å². The average Bonchev–Trinajstić information content (AvgIpc) is 2.25. The molecule has 76 valence electrons. The summed E-state index contributed by atoms with van der Waals surface area (Å²) in [7, 11) is 0. The Hall–Kier alpha value is -2.10. The molecule has 0 bridgehead atoms. The van der Waals surface area contributed by atoms with Crippen LogP contribution in [0.25, 0.3) is 0 Å². The summed E-state index contributed by atoms with van der Waals surface area (Å²) in [4.78, 5) is 7.91. The van der Waals surface area contributed by atoms with Crippen LogP contribution in [-0.4, -0.2) is 9.97 Å². The number of nitrogen functional groups attached to an aromatic ring is 1. The van der Waals surface area contributed by atoms with Crippen LogP contribution in [0.5, 0.6) is 11.8 Å². The summed E-state index contributed by atoms with van der Waals surface area (Å²) in [5.41, 5.74) is 7.03. The highest BCUT2D eigenvalue weighted by Crippen LogP contribution is 2.21. The molecule has 0 aliphatic heterocycles. The molecule has 15 heavy (non-hydrogen) atoms. The molecule has 2 N–H and O–H groups in total. The summed E-state index contributed by atoms with van der Waals surface area (Å²) in [5.74, 6) is 0.752. The second kappa shape index (κ2) is 3.96. The number of hydrogen-bond acceptors (Lipinski definition) is 4. The molecular weight excluding hydrogens is 190 g/mol. The van der Waals surface area contributed by atoms with Gasteiger partial charge in [-0.1, -0.05) is 18.2 Å². The Morgan fingerprint density at radius 3 is 2.47 bits per heavy atom. The minimum absolute atomic E-state index is 0.304. The first kappa shape index (κ1) is 9.45. The highest BCUT2D eigenvalue weighted by Gasteiger charge is 2.01. The number of nitrogens with zero attached hydrogens (tertiary/aromatic N) is 2. The van der Waals surface area contributed by atoms with Gasteiger partial charge >= 0.3 is 6.01 Å². The van der Waals surface area contributed by atoms with Crippen LogP contribution in [0.3, 0.4) is 0 Å². The highest BCUT2D eigenvalue weighted by atomic mass is 16.5. The Kier molecular flexibility index (Phi) is 2.49. The van der Waals surface area contributed by atoms with E-state index in [9.17, 15) is 0 Å². The summed E-state index contributed by atoms with van der Waals surface area (Å²) >= 11 is 0. The minimum Gasteiger partial charge on any atom is -0.424 e. The predicted molar refractivity (Wildman–Crippen MR) is 57.7 cm³/mol. The Balaban J connectivity index is 2.22. The second-order valence-corrected chi connectivity index (χ2v) is 3.17. The van der Waals surface area contributed by atoms with Crippen LogP contribution in [0.1, 0.15) is 5.56 Å². The van der Waals surface area contributed by atoms with Crippen LogP contribution in [0.15, 0.2) is 36.7 Å². The first-order valence-electron chi connectivity index (χ1n) is 4.57. The largest absolute Gasteiger partial charge is 0.424 e. The van der Waals surface area contributed by atoms with Gasteiger partial charge in [0.05, 0.1) is 18.1 Å². The second-order valence-electron chi connectivity index (χ2n) is 3.17. The van der Waals surface area contributed by atoms with Crippen LogP contribution >= 0.6 is 0 Å². The van der Waals surface area contributed by atoms with Gasteiger partial charge in [0.15, 0.2) is 0 Å². The fraction of sp³-hybridized carbons (Fsp3) is 0.0909. The van der Waals surface area contributed by atoms with Gasteiger partial charge in [0.1, 0.15) is 5.75 Å². The molecule has 0 radical (unpaired) electrons. The third kappa shape index (κ3) is 2.22. The van der Waals surface area contributed by atoms with Gasteiger partial charge < -0.3 is 10.5 Å². The van der Waals surface area contributed by atoms with E-state index in [-0.39, 0.29) is 0 Å². The molecule has 2 rings (SSSR count). The number of nitrogens with two attached hydrogens (primary N) is 1. The number of rotatable bonds is 2. The van der Waals surface area contributed by atoms with Crippen molar-refractivity contribution in [2.75, 3.05) is 5.73 Å². The molecule has 4 heteroatoms. The molecule has 0 saturated heterocycles. The van der Waals surface area contributed by atoms with Crippen molar-refractivity contribution in [1.82, 2.24) is 9.97 Å². The Morgan fingerprint density at radius 2 is 1.80 bits per heavy atom. The molecule has 0 aliphatic rings. The molecule has 0 amide bonds. The average molecular weight is 201 g/mol. The van der Waals surface area contributed by atoms with Gasteiger partial charge in [-0.2, -0.15) is 0 Å². The third-order valence-corrected chi connectivity index (χ3v) is 1.94. The van der Waals surface area contributed by atoms with E-state index in [4.69, 9.17) is 10.5 Å². The zero-order valence-electron chi connectivity index (χ0n) is 8.34. The van der Waals surface area contributed by atoms with Gasteiger partial charge in [0.2, 0.25) is 0 Å². The lowest BCUT2D eigenvalue weighted by atomic mass is 10.2. The number of ether oxygens (including phenoxy) is 1. The Labute approximate surface area is 87.7 Å². The molecule has 0 spiro atoms. The first-order chi connectivity index (χ1) is 7.25. The van der Waals surface area contributed by atoms with E-state index < -0.39 is 0 Å². The van der Waals surface area contributed by atoms with Crippen molar-refractivity contribution in [2.24, 2.45) is 0 Å². The number of aromatic nitrogens is 2. The predicted octanol–water partition coefficient (Wildman–Crippen LogP) is 2.16. The van der Waals surface area contributed by atoms with E-state index in [1.165, 1.54) is 12.4 Å². The van der Waals surface area contributed by atoms with E-state index in [0.29, 0.717) is 11.7 Å². The molecular formula is C11H11N3O. The van der Waals surface area contributed by atoms with Crippen molar-refractivity contribution in [2.45, 2.75) is 6.92 Å². The molecule has 1 aromatic heterocycles. The van der Waals surface area contributed by atoms with E-state index >= 15 is 0 Å². The lowest BCUT2D eigenvalue weighted by Gasteiger charge is -2.05. The van der Waals surface area contributed by atoms with E-state index in [1.54, 1.807) is 0 Å². The Morgan fingerprint density at radius 1 is 1.13 bits per heavy atom. The van der Waals surface area contributed by atoms with Crippen LogP contribution in [0.4, 0.5) is 5.69 Å². The van der Waals surface area contributed by atoms with Gasteiger partial charge in [-0.05, 0) is 18.6 Å². The van der Waals surface area contributed by atoms with E-state index in [0.717, 1.165) is 11.3 Å². The zero-order chi connectivity index (χ0) is 10.7.